The van der Waals surface area contributed by atoms with E-state index in [0.29, 0.717) is 29.2 Å². The number of anilines is 3. The number of rotatable bonds is 5. The molecule has 1 aliphatic heterocycles. The minimum atomic E-state index is -3.04. The molecule has 0 saturated carbocycles. The molecule has 0 unspecified atom stereocenters. The molecule has 1 aromatic carbocycles. The largest absolute Gasteiger partial charge is 0.459 e. The number of nitrogens with zero attached hydrogens (tertiary/aromatic N) is 2. The molecule has 0 fully saturated rings. The Morgan fingerprint density at radius 3 is 2.64 bits per heavy atom. The van der Waals surface area contributed by atoms with E-state index in [4.69, 9.17) is 27.6 Å². The van der Waals surface area contributed by atoms with Gasteiger partial charge in [-0.2, -0.15) is 4.98 Å². The molecule has 28 heavy (non-hydrogen) atoms. The van der Waals surface area contributed by atoms with Crippen LogP contribution in [-0.2, 0) is 9.59 Å². The lowest BCUT2D eigenvalue weighted by Gasteiger charge is -2.41. The first-order chi connectivity index (χ1) is 14.9. The molecule has 2 aromatic rings. The first-order valence-corrected chi connectivity index (χ1v) is 9.14. The number of benzene rings is 1. The van der Waals surface area contributed by atoms with E-state index >= 15 is 0 Å². The van der Waals surface area contributed by atoms with Crippen molar-refractivity contribution in [3.05, 3.63) is 41.4 Å². The quantitative estimate of drug-likeness (QED) is 0.789. The van der Waals surface area contributed by atoms with Gasteiger partial charge in [0.05, 0.1) is 7.39 Å². The van der Waals surface area contributed by atoms with E-state index in [-0.39, 0.29) is 17.6 Å². The van der Waals surface area contributed by atoms with E-state index in [1.807, 2.05) is 13.8 Å². The van der Waals surface area contributed by atoms with Gasteiger partial charge in [0.15, 0.2) is 5.60 Å². The SMILES string of the molecule is [2H]C([2H])([2H])[C@]([2H])(N)C(=O)Nc1ccc2c(n1)OC(CC)(CC)C(=O)N2c1ccc(Cl)cc1. The summed E-state index contributed by atoms with van der Waals surface area (Å²) in [5.41, 5.74) is 5.12. The van der Waals surface area contributed by atoms with E-state index in [1.54, 1.807) is 24.3 Å². The lowest BCUT2D eigenvalue weighted by molar-refractivity contribution is -0.135. The fourth-order valence-corrected chi connectivity index (χ4v) is 3.14. The summed E-state index contributed by atoms with van der Waals surface area (Å²) in [6, 6.07) is 6.72. The molecule has 1 aliphatic rings. The van der Waals surface area contributed by atoms with Crippen LogP contribution in [0.1, 0.15) is 39.0 Å². The van der Waals surface area contributed by atoms with Crippen molar-refractivity contribution >= 4 is 40.6 Å². The zero-order valence-electron chi connectivity index (χ0n) is 19.5. The minimum absolute atomic E-state index is 0.0633. The summed E-state index contributed by atoms with van der Waals surface area (Å²) in [5.74, 6) is -1.51. The van der Waals surface area contributed by atoms with Crippen LogP contribution in [0.4, 0.5) is 17.2 Å². The van der Waals surface area contributed by atoms with Gasteiger partial charge in [0.25, 0.3) is 5.91 Å². The maximum Gasteiger partial charge on any atom is 0.275 e. The lowest BCUT2D eigenvalue weighted by Crippen LogP contribution is -2.54. The third-order valence-corrected chi connectivity index (χ3v) is 4.93. The van der Waals surface area contributed by atoms with Crippen LogP contribution in [0, 0.1) is 0 Å². The normalized spacial score (nSPS) is 19.9. The number of amides is 2. The first kappa shape index (κ1) is 15.3. The average Bonchev–Trinajstić information content (AvgIpc) is 2.73. The highest BCUT2D eigenvalue weighted by atomic mass is 35.5. The number of hydrogen-bond donors (Lipinski definition) is 2. The summed E-state index contributed by atoms with van der Waals surface area (Å²) in [6.45, 7) is 0.591. The Hall–Kier alpha value is -2.64. The van der Waals surface area contributed by atoms with Crippen molar-refractivity contribution in [2.24, 2.45) is 5.73 Å². The molecule has 7 nitrogen and oxygen atoms in total. The van der Waals surface area contributed by atoms with Crippen LogP contribution in [0.25, 0.3) is 0 Å². The van der Waals surface area contributed by atoms with Gasteiger partial charge in [-0.05, 0) is 56.1 Å². The van der Waals surface area contributed by atoms with Crippen LogP contribution < -0.4 is 20.7 Å². The number of fused-ring (bicyclic) bond motifs is 1. The Morgan fingerprint density at radius 1 is 1.36 bits per heavy atom. The van der Waals surface area contributed by atoms with Crippen molar-refractivity contribution in [1.82, 2.24) is 4.98 Å². The van der Waals surface area contributed by atoms with Crippen molar-refractivity contribution in [1.29, 1.82) is 0 Å². The molecule has 3 rings (SSSR count). The van der Waals surface area contributed by atoms with Gasteiger partial charge in [-0.15, -0.1) is 0 Å². The van der Waals surface area contributed by atoms with Gasteiger partial charge in [0.2, 0.25) is 11.8 Å². The summed E-state index contributed by atoms with van der Waals surface area (Å²) < 4.78 is 35.6. The highest BCUT2D eigenvalue weighted by Crippen LogP contribution is 2.43. The minimum Gasteiger partial charge on any atom is -0.459 e. The number of hydrogen-bond acceptors (Lipinski definition) is 5. The van der Waals surface area contributed by atoms with Crippen molar-refractivity contribution < 1.29 is 19.8 Å². The Bertz CT molecular complexity index is 1040. The molecule has 0 saturated heterocycles. The molecule has 8 heteroatoms. The zero-order chi connectivity index (χ0) is 23.9. The molecule has 2 amide bonds. The third-order valence-electron chi connectivity index (χ3n) is 4.68. The van der Waals surface area contributed by atoms with Crippen LogP contribution in [0.5, 0.6) is 5.88 Å². The van der Waals surface area contributed by atoms with Gasteiger partial charge < -0.3 is 15.8 Å². The van der Waals surface area contributed by atoms with Gasteiger partial charge in [-0.25, -0.2) is 0 Å². The van der Waals surface area contributed by atoms with Crippen molar-refractivity contribution in [2.45, 2.75) is 45.2 Å². The smallest absolute Gasteiger partial charge is 0.275 e. The fraction of sp³-hybridized carbons (Fsp3) is 0.350. The molecule has 0 aliphatic carbocycles. The number of carbonyl (C=O) groups excluding carboxylic acids is 2. The summed E-state index contributed by atoms with van der Waals surface area (Å²) in [7, 11) is 0. The van der Waals surface area contributed by atoms with Crippen LogP contribution in [0.2, 0.25) is 5.02 Å². The number of pyridine rings is 1. The van der Waals surface area contributed by atoms with Gasteiger partial charge in [-0.3, -0.25) is 14.5 Å². The van der Waals surface area contributed by atoms with Gasteiger partial charge in [-0.1, -0.05) is 25.4 Å². The van der Waals surface area contributed by atoms with E-state index in [2.05, 4.69) is 10.3 Å². The van der Waals surface area contributed by atoms with Crippen LogP contribution >= 0.6 is 11.6 Å². The molecule has 2 heterocycles. The summed E-state index contributed by atoms with van der Waals surface area (Å²) >= 11 is 5.99. The molecule has 0 radical (unpaired) electrons. The van der Waals surface area contributed by atoms with Crippen molar-refractivity contribution in [3.8, 4) is 5.88 Å². The van der Waals surface area contributed by atoms with E-state index < -0.39 is 24.4 Å². The maximum absolute atomic E-state index is 13.4. The van der Waals surface area contributed by atoms with Crippen molar-refractivity contribution in [2.75, 3.05) is 10.2 Å². The number of nitrogens with one attached hydrogen (secondary N) is 1. The lowest BCUT2D eigenvalue weighted by atomic mass is 9.93. The summed E-state index contributed by atoms with van der Waals surface area (Å²) in [6.07, 6.45) is 0.726. The van der Waals surface area contributed by atoms with Gasteiger partial charge in [0.1, 0.15) is 11.5 Å². The molecule has 148 valence electrons. The third kappa shape index (κ3) is 3.55. The molecular formula is C20H23ClN4O3. The summed E-state index contributed by atoms with van der Waals surface area (Å²) in [4.78, 5) is 31.5. The van der Waals surface area contributed by atoms with Gasteiger partial charge >= 0.3 is 0 Å². The predicted molar refractivity (Wildman–Crippen MR) is 109 cm³/mol. The number of aromatic nitrogens is 1. The second kappa shape index (κ2) is 7.77. The number of ether oxygens (including phenoxy) is 1. The predicted octanol–water partition coefficient (Wildman–Crippen LogP) is 3.64. The molecular weight excluding hydrogens is 380 g/mol. The average molecular weight is 407 g/mol. The zero-order valence-corrected chi connectivity index (χ0v) is 16.2. The number of nitrogens with two attached hydrogens (primary N) is 1. The number of halogens is 1. The van der Waals surface area contributed by atoms with Gasteiger partial charge in [0, 0.05) is 14.8 Å². The maximum atomic E-state index is 13.4. The second-order valence-electron chi connectivity index (χ2n) is 6.31. The van der Waals surface area contributed by atoms with E-state index in [1.165, 1.54) is 17.0 Å². The number of carbonyl (C=O) groups is 2. The highest BCUT2D eigenvalue weighted by molar-refractivity contribution is 6.30. The first-order valence-electron chi connectivity index (χ1n) is 10.8. The standard InChI is InChI=1S/C20H23ClN4O3/c1-4-20(5-2)19(27)25(14-8-6-13(21)7-9-14)15-10-11-16(24-18(15)28-20)23-17(26)12(3)22/h6-12H,4-5,22H2,1-3H3,(H,23,24,26)/t12-/m0/s1/i3D3,12D. The molecule has 0 bridgehead atoms. The Morgan fingerprint density at radius 2 is 2.04 bits per heavy atom. The fourth-order valence-electron chi connectivity index (χ4n) is 3.02. The van der Waals surface area contributed by atoms with Crippen LogP contribution in [0.15, 0.2) is 36.4 Å². The molecule has 0 spiro atoms. The Balaban J connectivity index is 2.05. The van der Waals surface area contributed by atoms with E-state index in [0.717, 1.165) is 0 Å². The van der Waals surface area contributed by atoms with Crippen LogP contribution in [-0.4, -0.2) is 28.4 Å². The monoisotopic (exact) mass is 406 g/mol. The molecule has 3 N–H and O–H groups in total. The highest BCUT2D eigenvalue weighted by Gasteiger charge is 2.47. The van der Waals surface area contributed by atoms with Crippen molar-refractivity contribution in [3.63, 3.8) is 0 Å². The Kier molecular flexibility index (Phi) is 4.25. The summed E-state index contributed by atoms with van der Waals surface area (Å²) in [5, 5.41) is 2.76. The molecule has 1 aromatic heterocycles. The van der Waals surface area contributed by atoms with Crippen LogP contribution in [0.3, 0.4) is 0 Å². The molecule has 1 atom stereocenters. The topological polar surface area (TPSA) is 97.5 Å². The Labute approximate surface area is 174 Å². The van der Waals surface area contributed by atoms with E-state index in [9.17, 15) is 9.59 Å². The second-order valence-corrected chi connectivity index (χ2v) is 6.75.